The van der Waals surface area contributed by atoms with E-state index in [0.29, 0.717) is 13.1 Å². The van der Waals surface area contributed by atoms with Gasteiger partial charge in [-0.3, -0.25) is 4.79 Å². The van der Waals surface area contributed by atoms with E-state index in [9.17, 15) is 4.79 Å². The highest BCUT2D eigenvalue weighted by atomic mass is 32.1. The van der Waals surface area contributed by atoms with Crippen LogP contribution in [-0.2, 0) is 6.54 Å². The van der Waals surface area contributed by atoms with E-state index in [1.165, 1.54) is 0 Å². The fourth-order valence-corrected chi connectivity index (χ4v) is 3.55. The largest absolute Gasteiger partial charge is 0.497 e. The minimum Gasteiger partial charge on any atom is -0.497 e. The minimum atomic E-state index is 0.0875. The number of rotatable bonds is 5. The number of methoxy groups -OCH3 is 1. The molecule has 0 saturated carbocycles. The Bertz CT molecular complexity index is 775. The van der Waals surface area contributed by atoms with Crippen LogP contribution in [0.3, 0.4) is 0 Å². The van der Waals surface area contributed by atoms with Crippen molar-refractivity contribution < 1.29 is 9.53 Å². The lowest BCUT2D eigenvalue weighted by atomic mass is 10.2. The molecule has 0 radical (unpaired) electrons. The molecule has 1 amide bonds. The van der Waals surface area contributed by atoms with Gasteiger partial charge >= 0.3 is 0 Å². The average Bonchev–Trinajstić information content (AvgIpc) is 3.03. The fraction of sp³-hybridized carbons (Fsp3) is 0.211. The average molecular weight is 325 g/mol. The maximum Gasteiger partial charge on any atom is 0.264 e. The van der Waals surface area contributed by atoms with Crippen molar-refractivity contribution in [2.24, 2.45) is 0 Å². The van der Waals surface area contributed by atoms with E-state index in [0.717, 1.165) is 26.3 Å². The third kappa shape index (κ3) is 3.37. The second-order valence-corrected chi connectivity index (χ2v) is 6.40. The third-order valence-corrected chi connectivity index (χ3v) is 4.94. The first-order valence-electron chi connectivity index (χ1n) is 7.62. The Morgan fingerprint density at radius 1 is 1.13 bits per heavy atom. The fourth-order valence-electron chi connectivity index (χ4n) is 2.52. The molecule has 0 aliphatic rings. The van der Waals surface area contributed by atoms with Gasteiger partial charge in [0.15, 0.2) is 0 Å². The molecule has 0 aliphatic carbocycles. The summed E-state index contributed by atoms with van der Waals surface area (Å²) in [5, 5.41) is 1.13. The van der Waals surface area contributed by atoms with Gasteiger partial charge in [-0.05, 0) is 42.1 Å². The number of hydrogen-bond donors (Lipinski definition) is 0. The number of hydrogen-bond acceptors (Lipinski definition) is 3. The highest BCUT2D eigenvalue weighted by molar-refractivity contribution is 7.20. The zero-order valence-corrected chi connectivity index (χ0v) is 14.1. The lowest BCUT2D eigenvalue weighted by Gasteiger charge is -2.20. The van der Waals surface area contributed by atoms with Crippen molar-refractivity contribution in [2.75, 3.05) is 13.7 Å². The molecule has 0 bridgehead atoms. The van der Waals surface area contributed by atoms with Crippen LogP contribution in [0.1, 0.15) is 22.2 Å². The van der Waals surface area contributed by atoms with Crippen LogP contribution in [0.5, 0.6) is 5.75 Å². The zero-order chi connectivity index (χ0) is 16.2. The number of carbonyl (C=O) groups is 1. The molecule has 0 unspecified atom stereocenters. The van der Waals surface area contributed by atoms with Gasteiger partial charge in [-0.2, -0.15) is 0 Å². The lowest BCUT2D eigenvalue weighted by Crippen LogP contribution is -2.29. The van der Waals surface area contributed by atoms with Gasteiger partial charge in [0.25, 0.3) is 5.91 Å². The number of amides is 1. The molecule has 3 rings (SSSR count). The van der Waals surface area contributed by atoms with E-state index in [4.69, 9.17) is 4.74 Å². The van der Waals surface area contributed by atoms with Gasteiger partial charge in [0.2, 0.25) is 0 Å². The second-order valence-electron chi connectivity index (χ2n) is 5.32. The number of carbonyl (C=O) groups excluding carboxylic acids is 1. The van der Waals surface area contributed by atoms with Crippen molar-refractivity contribution >= 4 is 27.3 Å². The van der Waals surface area contributed by atoms with Crippen LogP contribution in [0.25, 0.3) is 10.1 Å². The summed E-state index contributed by atoms with van der Waals surface area (Å²) < 4.78 is 6.32. The Labute approximate surface area is 140 Å². The molecule has 1 aromatic heterocycles. The van der Waals surface area contributed by atoms with Crippen LogP contribution in [0, 0.1) is 0 Å². The van der Waals surface area contributed by atoms with E-state index in [2.05, 4.69) is 6.07 Å². The number of benzene rings is 2. The van der Waals surface area contributed by atoms with Gasteiger partial charge < -0.3 is 9.64 Å². The van der Waals surface area contributed by atoms with Crippen LogP contribution in [0.15, 0.2) is 54.6 Å². The molecule has 0 saturated heterocycles. The van der Waals surface area contributed by atoms with Crippen LogP contribution >= 0.6 is 11.3 Å². The Kier molecular flexibility index (Phi) is 4.63. The van der Waals surface area contributed by atoms with Gasteiger partial charge in [-0.25, -0.2) is 0 Å². The maximum atomic E-state index is 12.8. The smallest absolute Gasteiger partial charge is 0.264 e. The first-order chi connectivity index (χ1) is 11.2. The van der Waals surface area contributed by atoms with E-state index in [-0.39, 0.29) is 5.91 Å². The van der Waals surface area contributed by atoms with Crippen molar-refractivity contribution in [3.05, 3.63) is 65.0 Å². The molecule has 0 spiro atoms. The molecule has 0 atom stereocenters. The molecule has 2 aromatic carbocycles. The molecule has 0 aliphatic heterocycles. The Balaban J connectivity index is 1.80. The van der Waals surface area contributed by atoms with Gasteiger partial charge in [0.05, 0.1) is 12.0 Å². The predicted molar refractivity (Wildman–Crippen MR) is 95.2 cm³/mol. The van der Waals surface area contributed by atoms with Crippen LogP contribution in [0.4, 0.5) is 0 Å². The van der Waals surface area contributed by atoms with Crippen LogP contribution in [0.2, 0.25) is 0 Å². The van der Waals surface area contributed by atoms with Crippen molar-refractivity contribution in [2.45, 2.75) is 13.5 Å². The lowest BCUT2D eigenvalue weighted by molar-refractivity contribution is 0.0757. The van der Waals surface area contributed by atoms with Gasteiger partial charge in [0.1, 0.15) is 5.75 Å². The van der Waals surface area contributed by atoms with Gasteiger partial charge in [-0.15, -0.1) is 11.3 Å². The van der Waals surface area contributed by atoms with Crippen molar-refractivity contribution in [1.29, 1.82) is 0 Å². The summed E-state index contributed by atoms with van der Waals surface area (Å²) in [6, 6.07) is 17.9. The second kappa shape index (κ2) is 6.84. The van der Waals surface area contributed by atoms with E-state index in [1.807, 2.05) is 60.4 Å². The first kappa shape index (κ1) is 15.6. The first-order valence-corrected chi connectivity index (χ1v) is 8.43. The predicted octanol–water partition coefficient (Wildman–Crippen LogP) is 4.57. The molecule has 3 nitrogen and oxygen atoms in total. The maximum absolute atomic E-state index is 12.8. The molecule has 3 aromatic rings. The number of nitrogens with zero attached hydrogens (tertiary/aromatic N) is 1. The standard InChI is InChI=1S/C19H19NO2S/c1-3-20(13-14-8-10-16(22-2)11-9-14)19(21)18-12-15-6-4-5-7-17(15)23-18/h4-12H,3,13H2,1-2H3. The van der Waals surface area contributed by atoms with E-state index in [1.54, 1.807) is 18.4 Å². The summed E-state index contributed by atoms with van der Waals surface area (Å²) >= 11 is 1.55. The topological polar surface area (TPSA) is 29.5 Å². The summed E-state index contributed by atoms with van der Waals surface area (Å²) in [5.74, 6) is 0.914. The molecule has 23 heavy (non-hydrogen) atoms. The molecule has 4 heteroatoms. The third-order valence-electron chi connectivity index (χ3n) is 3.84. The summed E-state index contributed by atoms with van der Waals surface area (Å²) in [7, 11) is 1.65. The van der Waals surface area contributed by atoms with E-state index >= 15 is 0 Å². The van der Waals surface area contributed by atoms with Crippen LogP contribution in [-0.4, -0.2) is 24.5 Å². The number of ether oxygens (including phenoxy) is 1. The Hall–Kier alpha value is -2.33. The van der Waals surface area contributed by atoms with Crippen molar-refractivity contribution in [1.82, 2.24) is 4.90 Å². The summed E-state index contributed by atoms with van der Waals surface area (Å²) in [4.78, 5) is 15.4. The number of fused-ring (bicyclic) bond motifs is 1. The minimum absolute atomic E-state index is 0.0875. The highest BCUT2D eigenvalue weighted by Gasteiger charge is 2.17. The highest BCUT2D eigenvalue weighted by Crippen LogP contribution is 2.26. The summed E-state index contributed by atoms with van der Waals surface area (Å²) in [6.07, 6.45) is 0. The normalized spacial score (nSPS) is 10.7. The van der Waals surface area contributed by atoms with E-state index < -0.39 is 0 Å². The van der Waals surface area contributed by atoms with Crippen molar-refractivity contribution in [3.8, 4) is 5.75 Å². The van der Waals surface area contributed by atoms with Gasteiger partial charge in [-0.1, -0.05) is 30.3 Å². The summed E-state index contributed by atoms with van der Waals surface area (Å²) in [6.45, 7) is 3.29. The Morgan fingerprint density at radius 2 is 1.87 bits per heavy atom. The summed E-state index contributed by atoms with van der Waals surface area (Å²) in [5.41, 5.74) is 1.10. The number of thiophene rings is 1. The zero-order valence-electron chi connectivity index (χ0n) is 13.3. The van der Waals surface area contributed by atoms with Crippen molar-refractivity contribution in [3.63, 3.8) is 0 Å². The molecule has 1 heterocycles. The SMILES string of the molecule is CCN(Cc1ccc(OC)cc1)C(=O)c1cc2ccccc2s1. The molecular formula is C19H19NO2S. The quantitative estimate of drug-likeness (QED) is 0.687. The Morgan fingerprint density at radius 3 is 2.52 bits per heavy atom. The van der Waals surface area contributed by atoms with Gasteiger partial charge in [0, 0.05) is 17.8 Å². The molecule has 0 N–H and O–H groups in total. The molecule has 118 valence electrons. The van der Waals surface area contributed by atoms with Crippen LogP contribution < -0.4 is 4.74 Å². The molecular weight excluding hydrogens is 306 g/mol. The molecule has 0 fully saturated rings. The monoisotopic (exact) mass is 325 g/mol.